The van der Waals surface area contributed by atoms with E-state index in [1.807, 2.05) is 17.4 Å². The van der Waals surface area contributed by atoms with E-state index in [4.69, 9.17) is 4.42 Å². The van der Waals surface area contributed by atoms with Crippen molar-refractivity contribution < 1.29 is 4.42 Å². The Morgan fingerprint density at radius 2 is 1.04 bits per heavy atom. The van der Waals surface area contributed by atoms with Crippen LogP contribution in [0, 0.1) is 0 Å². The van der Waals surface area contributed by atoms with Crippen molar-refractivity contribution in [1.29, 1.82) is 0 Å². The molecule has 3 heteroatoms. The first-order valence-electron chi connectivity index (χ1n) is 18.7. The average molecular weight is 720 g/mol. The molecule has 0 amide bonds. The van der Waals surface area contributed by atoms with E-state index in [1.54, 1.807) is 0 Å². The molecule has 11 aromatic rings. The first-order chi connectivity index (χ1) is 27.3. The second-order valence-corrected chi connectivity index (χ2v) is 15.1. The highest BCUT2D eigenvalue weighted by atomic mass is 32.1. The van der Waals surface area contributed by atoms with Gasteiger partial charge in [0, 0.05) is 43.2 Å². The Hall–Kier alpha value is -6.94. The molecule has 0 saturated carbocycles. The summed E-state index contributed by atoms with van der Waals surface area (Å²) in [5, 5.41) is 7.29. The number of para-hydroxylation sites is 2. The molecule has 0 unspecified atom stereocenters. The van der Waals surface area contributed by atoms with E-state index in [0.29, 0.717) is 0 Å². The van der Waals surface area contributed by atoms with E-state index in [9.17, 15) is 0 Å². The Bertz CT molecular complexity index is 3200. The lowest BCUT2D eigenvalue weighted by atomic mass is 9.95. The number of furan rings is 1. The lowest BCUT2D eigenvalue weighted by molar-refractivity contribution is 0.670. The van der Waals surface area contributed by atoms with Crippen molar-refractivity contribution >= 4 is 81.3 Å². The number of thiophene rings is 1. The summed E-state index contributed by atoms with van der Waals surface area (Å²) in [6, 6.07) is 72.2. The van der Waals surface area contributed by atoms with E-state index in [1.165, 1.54) is 42.1 Å². The summed E-state index contributed by atoms with van der Waals surface area (Å²) in [4.78, 5) is 2.44. The predicted octanol–water partition coefficient (Wildman–Crippen LogP) is 15.6. The molecule has 2 aromatic heterocycles. The minimum absolute atomic E-state index is 0.897. The van der Waals surface area contributed by atoms with Crippen LogP contribution in [0.1, 0.15) is 0 Å². The topological polar surface area (TPSA) is 16.4 Å². The van der Waals surface area contributed by atoms with Gasteiger partial charge in [-0.25, -0.2) is 0 Å². The summed E-state index contributed by atoms with van der Waals surface area (Å²) in [6.45, 7) is 0. The molecule has 0 bridgehead atoms. The van der Waals surface area contributed by atoms with E-state index in [0.717, 1.165) is 61.3 Å². The first kappa shape index (κ1) is 31.6. The highest BCUT2D eigenvalue weighted by Gasteiger charge is 2.21. The minimum Gasteiger partial charge on any atom is -0.455 e. The maximum absolute atomic E-state index is 6.62. The fourth-order valence-electron chi connectivity index (χ4n) is 8.27. The van der Waals surface area contributed by atoms with Crippen LogP contribution in [0.2, 0.25) is 0 Å². The number of benzene rings is 9. The van der Waals surface area contributed by atoms with Crippen LogP contribution in [0.15, 0.2) is 205 Å². The van der Waals surface area contributed by atoms with Crippen molar-refractivity contribution in [3.8, 4) is 33.4 Å². The molecule has 9 aromatic carbocycles. The Balaban J connectivity index is 1.17. The van der Waals surface area contributed by atoms with Gasteiger partial charge in [-0.05, 0) is 87.1 Å². The summed E-state index contributed by atoms with van der Waals surface area (Å²) >= 11 is 1.86. The second kappa shape index (κ2) is 12.9. The zero-order chi connectivity index (χ0) is 36.3. The van der Waals surface area contributed by atoms with Gasteiger partial charge in [0.05, 0.1) is 10.4 Å². The number of rotatable bonds is 6. The lowest BCUT2D eigenvalue weighted by Crippen LogP contribution is -2.10. The zero-order valence-corrected chi connectivity index (χ0v) is 30.6. The summed E-state index contributed by atoms with van der Waals surface area (Å²) < 4.78 is 9.16. The van der Waals surface area contributed by atoms with Crippen LogP contribution in [0.4, 0.5) is 17.1 Å². The van der Waals surface area contributed by atoms with Crippen LogP contribution in [0.3, 0.4) is 0 Å². The van der Waals surface area contributed by atoms with Gasteiger partial charge in [-0.15, -0.1) is 11.3 Å². The van der Waals surface area contributed by atoms with Crippen LogP contribution in [0.5, 0.6) is 0 Å². The summed E-state index contributed by atoms with van der Waals surface area (Å²) in [5.41, 5.74) is 12.0. The summed E-state index contributed by atoms with van der Waals surface area (Å²) in [5.74, 6) is 0. The molecular weight excluding hydrogens is 687 g/mol. The van der Waals surface area contributed by atoms with Crippen LogP contribution in [-0.4, -0.2) is 0 Å². The SMILES string of the molecule is c1ccc(-c2cc(-c3cccc4c3oc3ccccc34)cc(N(c3ccc(-c4cccc5ccccc45)cc3)c3cccc4c3sc3ccccc34)c2)cc1. The average Bonchev–Trinajstić information content (AvgIpc) is 3.83. The molecule has 0 aliphatic rings. The zero-order valence-electron chi connectivity index (χ0n) is 29.8. The third kappa shape index (κ3) is 5.32. The highest BCUT2D eigenvalue weighted by Crippen LogP contribution is 2.47. The number of hydrogen-bond donors (Lipinski definition) is 0. The van der Waals surface area contributed by atoms with Crippen LogP contribution in [0.25, 0.3) is 86.3 Å². The number of nitrogens with zero attached hydrogens (tertiary/aromatic N) is 1. The molecule has 0 aliphatic carbocycles. The highest BCUT2D eigenvalue weighted by molar-refractivity contribution is 7.26. The van der Waals surface area contributed by atoms with Crippen LogP contribution >= 0.6 is 11.3 Å². The van der Waals surface area contributed by atoms with Crippen molar-refractivity contribution in [2.45, 2.75) is 0 Å². The normalized spacial score (nSPS) is 11.6. The van der Waals surface area contributed by atoms with Crippen molar-refractivity contribution in [3.05, 3.63) is 200 Å². The van der Waals surface area contributed by atoms with E-state index < -0.39 is 0 Å². The fraction of sp³-hybridized carbons (Fsp3) is 0. The number of fused-ring (bicyclic) bond motifs is 7. The van der Waals surface area contributed by atoms with Gasteiger partial charge >= 0.3 is 0 Å². The molecule has 0 aliphatic heterocycles. The van der Waals surface area contributed by atoms with Crippen LogP contribution < -0.4 is 4.90 Å². The largest absolute Gasteiger partial charge is 0.455 e. The van der Waals surface area contributed by atoms with E-state index in [-0.39, 0.29) is 0 Å². The molecule has 0 N–H and O–H groups in total. The number of anilines is 3. The maximum Gasteiger partial charge on any atom is 0.143 e. The Labute approximate surface area is 322 Å². The van der Waals surface area contributed by atoms with E-state index >= 15 is 0 Å². The predicted molar refractivity (Wildman–Crippen MR) is 235 cm³/mol. The third-order valence-electron chi connectivity index (χ3n) is 10.8. The molecule has 0 fully saturated rings. The summed E-state index contributed by atoms with van der Waals surface area (Å²) in [6.07, 6.45) is 0. The molecule has 0 atom stereocenters. The van der Waals surface area contributed by atoms with Gasteiger partial charge in [0.15, 0.2) is 0 Å². The molecule has 258 valence electrons. The lowest BCUT2D eigenvalue weighted by Gasteiger charge is -2.27. The minimum atomic E-state index is 0.897. The van der Waals surface area contributed by atoms with Gasteiger partial charge in [-0.1, -0.05) is 152 Å². The van der Waals surface area contributed by atoms with Gasteiger partial charge < -0.3 is 9.32 Å². The molecule has 0 radical (unpaired) electrons. The second-order valence-electron chi connectivity index (χ2n) is 14.1. The smallest absolute Gasteiger partial charge is 0.143 e. The molecular formula is C52H33NOS. The van der Waals surface area contributed by atoms with Crippen LogP contribution in [-0.2, 0) is 0 Å². The fourth-order valence-corrected chi connectivity index (χ4v) is 9.48. The van der Waals surface area contributed by atoms with Gasteiger partial charge in [0.25, 0.3) is 0 Å². The Morgan fingerprint density at radius 3 is 1.93 bits per heavy atom. The quantitative estimate of drug-likeness (QED) is 0.170. The molecule has 11 rings (SSSR count). The monoisotopic (exact) mass is 719 g/mol. The van der Waals surface area contributed by atoms with Crippen molar-refractivity contribution in [3.63, 3.8) is 0 Å². The standard InChI is InChI=1S/C52H33NOS/c1-2-13-34(14-3-1)37-31-38(43-21-11-22-46-44-18-6-8-25-49(44)54-51(43)46)33-40(32-37)53(48-24-12-23-47-45-19-7-9-26-50(45)55-52(47)48)39-29-27-36(28-30-39)42-20-10-16-35-15-4-5-17-41(35)42/h1-33H. The molecule has 0 saturated heterocycles. The van der Waals surface area contributed by atoms with Gasteiger partial charge in [-0.2, -0.15) is 0 Å². The summed E-state index contributed by atoms with van der Waals surface area (Å²) in [7, 11) is 0. The van der Waals surface area contributed by atoms with Crippen molar-refractivity contribution in [2.24, 2.45) is 0 Å². The third-order valence-corrected chi connectivity index (χ3v) is 12.1. The van der Waals surface area contributed by atoms with E-state index in [2.05, 4.69) is 199 Å². The Kier molecular flexibility index (Phi) is 7.39. The molecule has 2 heterocycles. The molecule has 55 heavy (non-hydrogen) atoms. The maximum atomic E-state index is 6.62. The molecule has 2 nitrogen and oxygen atoms in total. The van der Waals surface area contributed by atoms with Gasteiger partial charge in [0.1, 0.15) is 11.2 Å². The van der Waals surface area contributed by atoms with Gasteiger partial charge in [-0.3, -0.25) is 0 Å². The van der Waals surface area contributed by atoms with Gasteiger partial charge in [0.2, 0.25) is 0 Å². The van der Waals surface area contributed by atoms with Crippen molar-refractivity contribution in [1.82, 2.24) is 0 Å². The van der Waals surface area contributed by atoms with Crippen molar-refractivity contribution in [2.75, 3.05) is 4.90 Å². The number of hydrogen-bond acceptors (Lipinski definition) is 3. The first-order valence-corrected chi connectivity index (χ1v) is 19.5. The molecule has 0 spiro atoms. The Morgan fingerprint density at radius 1 is 0.382 bits per heavy atom.